The first-order valence-electron chi connectivity index (χ1n) is 2.77. The van der Waals surface area contributed by atoms with E-state index in [1.54, 1.807) is 14.1 Å². The highest BCUT2D eigenvalue weighted by Gasteiger charge is 2.02. The molecule has 0 aliphatic heterocycles. The van der Waals surface area contributed by atoms with Crippen LogP contribution in [0.5, 0.6) is 0 Å². The van der Waals surface area contributed by atoms with E-state index < -0.39 is 6.03 Å². The van der Waals surface area contributed by atoms with Crippen LogP contribution in [-0.2, 0) is 4.79 Å². The number of nitrogens with zero attached hydrogens (tertiary/aromatic N) is 1. The molecule has 0 heterocycles. The minimum absolute atomic E-state index is 0.0394. The third kappa shape index (κ3) is 3.71. The summed E-state index contributed by atoms with van der Waals surface area (Å²) >= 11 is 0. The predicted molar refractivity (Wildman–Crippen MR) is 36.3 cm³/mol. The Bertz CT molecular complexity index is 144. The number of primary amides is 1. The highest BCUT2D eigenvalue weighted by molar-refractivity contribution is 5.82. The average Bonchev–Trinajstić information content (AvgIpc) is 1.82. The zero-order valence-electron chi connectivity index (χ0n) is 6.05. The number of amides is 3. The van der Waals surface area contributed by atoms with E-state index >= 15 is 0 Å². The third-order valence-corrected chi connectivity index (χ3v) is 0.913. The molecule has 0 aliphatic rings. The molecule has 3 amide bonds. The van der Waals surface area contributed by atoms with Gasteiger partial charge in [-0.05, 0) is 0 Å². The van der Waals surface area contributed by atoms with Crippen LogP contribution in [0.15, 0.2) is 0 Å². The highest BCUT2D eigenvalue weighted by atomic mass is 16.2. The van der Waals surface area contributed by atoms with E-state index in [2.05, 4.69) is 5.32 Å². The normalized spacial score (nSPS) is 8.60. The molecule has 0 bridgehead atoms. The second-order valence-corrected chi connectivity index (χ2v) is 2.01. The fourth-order valence-corrected chi connectivity index (χ4v) is 0.321. The topological polar surface area (TPSA) is 75.4 Å². The molecule has 10 heavy (non-hydrogen) atoms. The summed E-state index contributed by atoms with van der Waals surface area (Å²) in [6.07, 6.45) is 0. The number of rotatable bonds is 2. The molecule has 0 unspecified atom stereocenters. The van der Waals surface area contributed by atoms with Crippen LogP contribution >= 0.6 is 0 Å². The molecule has 0 rings (SSSR count). The van der Waals surface area contributed by atoms with E-state index in [0.717, 1.165) is 0 Å². The van der Waals surface area contributed by atoms with Crippen molar-refractivity contribution in [3.63, 3.8) is 0 Å². The third-order valence-electron chi connectivity index (χ3n) is 0.913. The molecular weight excluding hydrogens is 134 g/mol. The molecule has 0 aromatic heterocycles. The SMILES string of the molecule is CN(C)C(=O)CNC(N)=O. The van der Waals surface area contributed by atoms with Crippen molar-refractivity contribution in [1.82, 2.24) is 10.2 Å². The maximum atomic E-state index is 10.7. The summed E-state index contributed by atoms with van der Waals surface area (Å²) in [4.78, 5) is 22.1. The largest absolute Gasteiger partial charge is 0.352 e. The summed E-state index contributed by atoms with van der Waals surface area (Å²) in [5, 5.41) is 2.17. The molecule has 3 N–H and O–H groups in total. The van der Waals surface area contributed by atoms with Gasteiger partial charge in [0.15, 0.2) is 0 Å². The predicted octanol–water partition coefficient (Wildman–Crippen LogP) is -1.26. The van der Waals surface area contributed by atoms with E-state index in [4.69, 9.17) is 5.73 Å². The lowest BCUT2D eigenvalue weighted by molar-refractivity contribution is -0.127. The highest BCUT2D eigenvalue weighted by Crippen LogP contribution is 1.73. The minimum Gasteiger partial charge on any atom is -0.352 e. The molecule has 0 aromatic carbocycles. The monoisotopic (exact) mass is 145 g/mol. The number of carbonyl (C=O) groups is 2. The van der Waals surface area contributed by atoms with E-state index in [1.807, 2.05) is 0 Å². The van der Waals surface area contributed by atoms with E-state index in [-0.39, 0.29) is 12.5 Å². The van der Waals surface area contributed by atoms with Crippen molar-refractivity contribution >= 4 is 11.9 Å². The molecule has 0 spiro atoms. The van der Waals surface area contributed by atoms with Gasteiger partial charge in [-0.15, -0.1) is 0 Å². The first-order valence-corrected chi connectivity index (χ1v) is 2.77. The van der Waals surface area contributed by atoms with Crippen molar-refractivity contribution in [1.29, 1.82) is 0 Å². The Balaban J connectivity index is 3.50. The number of carbonyl (C=O) groups excluding carboxylic acids is 2. The zero-order valence-corrected chi connectivity index (χ0v) is 6.05. The van der Waals surface area contributed by atoms with Crippen LogP contribution in [0, 0.1) is 0 Å². The Hall–Kier alpha value is -1.26. The quantitative estimate of drug-likeness (QED) is 0.509. The summed E-state index contributed by atoms with van der Waals surface area (Å²) in [5.41, 5.74) is 4.72. The Morgan fingerprint density at radius 2 is 2.00 bits per heavy atom. The van der Waals surface area contributed by atoms with Gasteiger partial charge in [0.05, 0.1) is 6.54 Å². The zero-order chi connectivity index (χ0) is 8.15. The van der Waals surface area contributed by atoms with E-state index in [1.165, 1.54) is 4.90 Å². The van der Waals surface area contributed by atoms with Crippen LogP contribution in [-0.4, -0.2) is 37.5 Å². The van der Waals surface area contributed by atoms with Gasteiger partial charge >= 0.3 is 6.03 Å². The Morgan fingerprint density at radius 3 is 2.30 bits per heavy atom. The first-order chi connectivity index (χ1) is 4.54. The molecule has 0 fully saturated rings. The molecule has 0 aromatic rings. The van der Waals surface area contributed by atoms with Crippen LogP contribution in [0.2, 0.25) is 0 Å². The molecule has 0 saturated heterocycles. The van der Waals surface area contributed by atoms with Crippen molar-refractivity contribution in [2.24, 2.45) is 5.73 Å². The summed E-state index contributed by atoms with van der Waals surface area (Å²) < 4.78 is 0. The van der Waals surface area contributed by atoms with Gasteiger partial charge in [0, 0.05) is 14.1 Å². The Morgan fingerprint density at radius 1 is 1.50 bits per heavy atom. The fourth-order valence-electron chi connectivity index (χ4n) is 0.321. The minimum atomic E-state index is -0.685. The lowest BCUT2D eigenvalue weighted by Gasteiger charge is -2.09. The lowest BCUT2D eigenvalue weighted by atomic mass is 10.5. The molecule has 5 nitrogen and oxygen atoms in total. The molecule has 0 atom stereocenters. The Kier molecular flexibility index (Phi) is 3.24. The van der Waals surface area contributed by atoms with Gasteiger partial charge in [-0.2, -0.15) is 0 Å². The molecular formula is C5H11N3O2. The molecule has 0 saturated carbocycles. The molecule has 0 aliphatic carbocycles. The van der Waals surface area contributed by atoms with Crippen LogP contribution in [0.4, 0.5) is 4.79 Å². The van der Waals surface area contributed by atoms with Crippen molar-refractivity contribution in [2.75, 3.05) is 20.6 Å². The standard InChI is InChI=1S/C5H11N3O2/c1-8(2)4(9)3-7-5(6)10/h3H2,1-2H3,(H3,6,7,10). The van der Waals surface area contributed by atoms with Crippen LogP contribution in [0.3, 0.4) is 0 Å². The van der Waals surface area contributed by atoms with Gasteiger partial charge < -0.3 is 16.0 Å². The van der Waals surface area contributed by atoms with Crippen molar-refractivity contribution in [2.45, 2.75) is 0 Å². The molecule has 0 radical (unpaired) electrons. The van der Waals surface area contributed by atoms with Gasteiger partial charge in [0.25, 0.3) is 0 Å². The van der Waals surface area contributed by atoms with Gasteiger partial charge in [-0.3, -0.25) is 4.79 Å². The van der Waals surface area contributed by atoms with Crippen LogP contribution < -0.4 is 11.1 Å². The second-order valence-electron chi connectivity index (χ2n) is 2.01. The lowest BCUT2D eigenvalue weighted by Crippen LogP contribution is -2.38. The van der Waals surface area contributed by atoms with Gasteiger partial charge in [0.1, 0.15) is 0 Å². The van der Waals surface area contributed by atoms with Crippen molar-refractivity contribution < 1.29 is 9.59 Å². The van der Waals surface area contributed by atoms with Crippen molar-refractivity contribution in [3.05, 3.63) is 0 Å². The first kappa shape index (κ1) is 8.74. The summed E-state index contributed by atoms with van der Waals surface area (Å²) in [5.74, 6) is -0.182. The average molecular weight is 145 g/mol. The summed E-state index contributed by atoms with van der Waals surface area (Å²) in [6, 6.07) is -0.685. The smallest absolute Gasteiger partial charge is 0.312 e. The summed E-state index contributed by atoms with van der Waals surface area (Å²) in [7, 11) is 3.20. The number of hydrogen-bond acceptors (Lipinski definition) is 2. The summed E-state index contributed by atoms with van der Waals surface area (Å²) in [6.45, 7) is -0.0394. The Labute approximate surface area is 59.2 Å². The van der Waals surface area contributed by atoms with Gasteiger partial charge in [-0.1, -0.05) is 0 Å². The number of hydrogen-bond donors (Lipinski definition) is 2. The van der Waals surface area contributed by atoms with Crippen LogP contribution in [0.25, 0.3) is 0 Å². The molecule has 5 heteroatoms. The fraction of sp³-hybridized carbons (Fsp3) is 0.600. The number of urea groups is 1. The van der Waals surface area contributed by atoms with Crippen LogP contribution in [0.1, 0.15) is 0 Å². The van der Waals surface area contributed by atoms with Gasteiger partial charge in [-0.25, -0.2) is 4.79 Å². The van der Waals surface area contributed by atoms with Gasteiger partial charge in [0.2, 0.25) is 5.91 Å². The van der Waals surface area contributed by atoms with Crippen molar-refractivity contribution in [3.8, 4) is 0 Å². The van der Waals surface area contributed by atoms with E-state index in [9.17, 15) is 9.59 Å². The number of nitrogens with two attached hydrogens (primary N) is 1. The second kappa shape index (κ2) is 3.71. The number of likely N-dealkylation sites (N-methyl/N-ethyl adjacent to an activating group) is 1. The maximum Gasteiger partial charge on any atom is 0.312 e. The van der Waals surface area contributed by atoms with E-state index in [0.29, 0.717) is 0 Å². The molecule has 58 valence electrons. The maximum absolute atomic E-state index is 10.7. The number of nitrogens with one attached hydrogen (secondary N) is 1.